The molecule has 186 valence electrons. The monoisotopic (exact) mass is 484 g/mol. The summed E-state index contributed by atoms with van der Waals surface area (Å²) in [6, 6.07) is 7.54. The maximum absolute atomic E-state index is 13.0. The number of benzene rings is 2. The van der Waals surface area contributed by atoms with E-state index in [1.165, 1.54) is 12.1 Å². The van der Waals surface area contributed by atoms with Gasteiger partial charge in [0.1, 0.15) is 12.1 Å². The largest absolute Gasteiger partial charge is 0.489 e. The highest BCUT2D eigenvalue weighted by Crippen LogP contribution is 2.37. The van der Waals surface area contributed by atoms with Gasteiger partial charge in [-0.05, 0) is 63.4 Å². The highest BCUT2D eigenvalue weighted by atomic mass is 16.6. The highest BCUT2D eigenvalue weighted by molar-refractivity contribution is 6.00. The zero-order valence-corrected chi connectivity index (χ0v) is 19.8. The summed E-state index contributed by atoms with van der Waals surface area (Å²) in [5.41, 5.74) is 6.73. The normalized spacial score (nSPS) is 13.4. The Bertz CT molecular complexity index is 1170. The molecule has 0 atom stereocenters. The fourth-order valence-corrected chi connectivity index (χ4v) is 3.57. The summed E-state index contributed by atoms with van der Waals surface area (Å²) in [4.78, 5) is 49.4. The molecule has 0 spiro atoms. The lowest BCUT2D eigenvalue weighted by Gasteiger charge is -2.21. The van der Waals surface area contributed by atoms with E-state index in [0.29, 0.717) is 24.1 Å². The number of nitrogens with one attached hydrogen (secondary N) is 1. The molecule has 4 N–H and O–H groups in total. The van der Waals surface area contributed by atoms with Crippen molar-refractivity contribution in [3.63, 3.8) is 0 Å². The minimum Gasteiger partial charge on any atom is -0.489 e. The molecular formula is C25H28N2O8. The molecule has 2 aromatic carbocycles. The number of anilines is 1. The molecule has 0 fully saturated rings. The SMILES string of the molecule is CC(C)(C)OC(=O)CNC(=O)c1ccc(CC(=O)O)c2c1OCCCc1cc(N)ccc1C(=O)O2. The first kappa shape index (κ1) is 25.5. The van der Waals surface area contributed by atoms with Crippen molar-refractivity contribution in [3.8, 4) is 11.5 Å². The van der Waals surface area contributed by atoms with Gasteiger partial charge < -0.3 is 30.4 Å². The number of nitrogen functional groups attached to an aromatic ring is 1. The van der Waals surface area contributed by atoms with Crippen LogP contribution in [0.1, 0.15) is 59.0 Å². The number of rotatable bonds is 5. The highest BCUT2D eigenvalue weighted by Gasteiger charge is 2.27. The Hall–Kier alpha value is -4.08. The Balaban J connectivity index is 1.98. The standard InChI is InChI=1S/C25H28N2O8/c1-25(2,3)35-20(30)13-27-23(31)18-8-6-15(12-19(28)29)21-22(18)33-10-4-5-14-11-16(26)7-9-17(14)24(32)34-21/h6-9,11H,4-5,10,12-13,26H2,1-3H3,(H,27,31)(H,28,29). The van der Waals surface area contributed by atoms with Gasteiger partial charge in [-0.25, -0.2) is 4.79 Å². The van der Waals surface area contributed by atoms with E-state index in [1.54, 1.807) is 39.0 Å². The van der Waals surface area contributed by atoms with Crippen LogP contribution in [0, 0.1) is 0 Å². The summed E-state index contributed by atoms with van der Waals surface area (Å²) in [7, 11) is 0. The van der Waals surface area contributed by atoms with Crippen molar-refractivity contribution in [3.05, 3.63) is 52.6 Å². The van der Waals surface area contributed by atoms with Gasteiger partial charge in [0.2, 0.25) is 0 Å². The molecule has 0 aliphatic carbocycles. The summed E-state index contributed by atoms with van der Waals surface area (Å²) in [5, 5.41) is 11.8. The molecule has 3 rings (SSSR count). The lowest BCUT2D eigenvalue weighted by molar-refractivity contribution is -0.153. The molecule has 0 bridgehead atoms. The van der Waals surface area contributed by atoms with E-state index in [9.17, 15) is 24.3 Å². The minimum atomic E-state index is -1.16. The van der Waals surface area contributed by atoms with Gasteiger partial charge in [0.25, 0.3) is 5.91 Å². The Morgan fingerprint density at radius 2 is 1.89 bits per heavy atom. The maximum Gasteiger partial charge on any atom is 0.343 e. The van der Waals surface area contributed by atoms with Crippen LogP contribution in [0.5, 0.6) is 11.5 Å². The Morgan fingerprint density at radius 1 is 1.14 bits per heavy atom. The van der Waals surface area contributed by atoms with Crippen molar-refractivity contribution in [2.75, 3.05) is 18.9 Å². The van der Waals surface area contributed by atoms with Crippen LogP contribution in [-0.2, 0) is 27.2 Å². The first-order valence-electron chi connectivity index (χ1n) is 11.1. The van der Waals surface area contributed by atoms with Crippen LogP contribution < -0.4 is 20.5 Å². The lowest BCUT2D eigenvalue weighted by Crippen LogP contribution is -2.35. The number of esters is 2. The average molecular weight is 485 g/mol. The molecule has 1 aliphatic rings. The number of carbonyl (C=O) groups excluding carboxylic acids is 3. The molecule has 1 amide bonds. The number of aliphatic carboxylic acids is 1. The number of carboxylic acids is 1. The molecule has 1 aliphatic heterocycles. The second kappa shape index (κ2) is 10.5. The number of hydrogen-bond donors (Lipinski definition) is 3. The number of fused-ring (bicyclic) bond motifs is 2. The molecule has 0 saturated carbocycles. The number of ether oxygens (including phenoxy) is 3. The van der Waals surface area contributed by atoms with Crippen LogP contribution in [-0.4, -0.2) is 47.7 Å². The first-order chi connectivity index (χ1) is 16.4. The van der Waals surface area contributed by atoms with Gasteiger partial charge in [-0.2, -0.15) is 0 Å². The van der Waals surface area contributed by atoms with E-state index >= 15 is 0 Å². The predicted octanol–water partition coefficient (Wildman–Crippen LogP) is 2.51. The Labute approximate surface area is 202 Å². The van der Waals surface area contributed by atoms with E-state index in [0.717, 1.165) is 0 Å². The minimum absolute atomic E-state index is 0.0106. The summed E-state index contributed by atoms with van der Waals surface area (Å²) in [6.07, 6.45) is 0.498. The van der Waals surface area contributed by atoms with E-state index in [-0.39, 0.29) is 34.8 Å². The van der Waals surface area contributed by atoms with Crippen LogP contribution in [0.15, 0.2) is 30.3 Å². The molecule has 1 heterocycles. The number of hydrogen-bond acceptors (Lipinski definition) is 8. The summed E-state index contributed by atoms with van der Waals surface area (Å²) in [5.74, 6) is -3.42. The van der Waals surface area contributed by atoms with Gasteiger partial charge in [-0.1, -0.05) is 6.07 Å². The van der Waals surface area contributed by atoms with Crippen LogP contribution in [0.3, 0.4) is 0 Å². The van der Waals surface area contributed by atoms with Crippen molar-refractivity contribution >= 4 is 29.5 Å². The van der Waals surface area contributed by atoms with E-state index in [4.69, 9.17) is 19.9 Å². The molecule has 0 radical (unpaired) electrons. The Kier molecular flexibility index (Phi) is 7.63. The fraction of sp³-hybridized carbons (Fsp3) is 0.360. The number of nitrogens with two attached hydrogens (primary N) is 1. The molecule has 0 unspecified atom stereocenters. The predicted molar refractivity (Wildman–Crippen MR) is 126 cm³/mol. The van der Waals surface area contributed by atoms with Gasteiger partial charge in [-0.3, -0.25) is 14.4 Å². The topological polar surface area (TPSA) is 154 Å². The van der Waals surface area contributed by atoms with Gasteiger partial charge in [0, 0.05) is 11.3 Å². The third-order valence-corrected chi connectivity index (χ3v) is 4.97. The third-order valence-electron chi connectivity index (χ3n) is 4.97. The van der Waals surface area contributed by atoms with Crippen LogP contribution in [0.4, 0.5) is 5.69 Å². The number of amides is 1. The van der Waals surface area contributed by atoms with Gasteiger partial charge in [-0.15, -0.1) is 0 Å². The molecule has 0 aromatic heterocycles. The fourth-order valence-electron chi connectivity index (χ4n) is 3.57. The Morgan fingerprint density at radius 3 is 2.57 bits per heavy atom. The van der Waals surface area contributed by atoms with Gasteiger partial charge >= 0.3 is 17.9 Å². The van der Waals surface area contributed by atoms with Crippen LogP contribution >= 0.6 is 0 Å². The van der Waals surface area contributed by atoms with Crippen LogP contribution in [0.2, 0.25) is 0 Å². The molecule has 35 heavy (non-hydrogen) atoms. The smallest absolute Gasteiger partial charge is 0.343 e. The number of aryl methyl sites for hydroxylation is 1. The first-order valence-corrected chi connectivity index (χ1v) is 11.1. The van der Waals surface area contributed by atoms with Gasteiger partial charge in [0.05, 0.1) is 24.2 Å². The molecule has 10 nitrogen and oxygen atoms in total. The zero-order valence-electron chi connectivity index (χ0n) is 19.8. The van der Waals surface area contributed by atoms with Crippen molar-refractivity contribution in [2.24, 2.45) is 0 Å². The quantitative estimate of drug-likeness (QED) is 0.330. The summed E-state index contributed by atoms with van der Waals surface area (Å²) >= 11 is 0. The zero-order chi connectivity index (χ0) is 25.8. The van der Waals surface area contributed by atoms with Crippen molar-refractivity contribution in [2.45, 2.75) is 45.6 Å². The van der Waals surface area contributed by atoms with E-state index in [1.807, 2.05) is 0 Å². The van der Waals surface area contributed by atoms with E-state index < -0.39 is 42.4 Å². The van der Waals surface area contributed by atoms with E-state index in [2.05, 4.69) is 5.32 Å². The molecule has 0 saturated heterocycles. The number of carboxylic acid groups (broad SMARTS) is 1. The second-order valence-corrected chi connectivity index (χ2v) is 9.03. The third kappa shape index (κ3) is 6.72. The van der Waals surface area contributed by atoms with Crippen LogP contribution in [0.25, 0.3) is 0 Å². The number of carbonyl (C=O) groups is 4. The summed E-state index contributed by atoms with van der Waals surface area (Å²) < 4.78 is 16.6. The maximum atomic E-state index is 13.0. The molecule has 10 heteroatoms. The van der Waals surface area contributed by atoms with Gasteiger partial charge in [0.15, 0.2) is 11.5 Å². The lowest BCUT2D eigenvalue weighted by atomic mass is 10.0. The average Bonchev–Trinajstić information content (AvgIpc) is 2.75. The van der Waals surface area contributed by atoms with Crippen molar-refractivity contribution in [1.82, 2.24) is 5.32 Å². The summed E-state index contributed by atoms with van der Waals surface area (Å²) in [6.45, 7) is 4.88. The van der Waals surface area contributed by atoms with Crippen molar-refractivity contribution < 1.29 is 38.5 Å². The van der Waals surface area contributed by atoms with Crippen molar-refractivity contribution in [1.29, 1.82) is 0 Å². The second-order valence-electron chi connectivity index (χ2n) is 9.03. The molecular weight excluding hydrogens is 456 g/mol. The molecule has 2 aromatic rings.